The number of esters is 1. The normalized spacial score (nSPS) is 14.3. The van der Waals surface area contributed by atoms with Gasteiger partial charge in [-0.05, 0) is 25.0 Å². The number of ether oxygens (including phenoxy) is 3. The highest BCUT2D eigenvalue weighted by Crippen LogP contribution is 2.28. The first-order valence-electron chi connectivity index (χ1n) is 6.57. The lowest BCUT2D eigenvalue weighted by Gasteiger charge is -2.22. The van der Waals surface area contributed by atoms with E-state index < -0.39 is 0 Å². The molecule has 1 aromatic rings. The molecule has 1 saturated carbocycles. The highest BCUT2D eigenvalue weighted by atomic mass is 16.5. The van der Waals surface area contributed by atoms with Crippen LogP contribution in [-0.4, -0.2) is 32.6 Å². The second-order valence-electron chi connectivity index (χ2n) is 4.72. The highest BCUT2D eigenvalue weighted by molar-refractivity contribution is 6.00. The van der Waals surface area contributed by atoms with Crippen LogP contribution in [0.15, 0.2) is 18.2 Å². The molecule has 0 aliphatic heterocycles. The number of hydrogen-bond donors (Lipinski definition) is 0. The topological polar surface area (TPSA) is 61.8 Å². The molecule has 0 atom stereocenters. The molecule has 1 aliphatic rings. The van der Waals surface area contributed by atoms with Crippen LogP contribution in [0, 0.1) is 5.92 Å². The van der Waals surface area contributed by atoms with Crippen LogP contribution in [0.5, 0.6) is 11.5 Å². The lowest BCUT2D eigenvalue weighted by Crippen LogP contribution is -2.26. The van der Waals surface area contributed by atoms with E-state index in [4.69, 9.17) is 14.2 Å². The van der Waals surface area contributed by atoms with Crippen molar-refractivity contribution in [1.82, 2.24) is 0 Å². The monoisotopic (exact) mass is 278 g/mol. The number of rotatable bonds is 6. The number of benzene rings is 1. The summed E-state index contributed by atoms with van der Waals surface area (Å²) in [5.41, 5.74) is 0.384. The van der Waals surface area contributed by atoms with Gasteiger partial charge >= 0.3 is 5.97 Å². The van der Waals surface area contributed by atoms with E-state index in [0.29, 0.717) is 17.1 Å². The Labute approximate surface area is 117 Å². The molecule has 0 N–H and O–H groups in total. The molecule has 1 fully saturated rings. The number of methoxy groups -OCH3 is 2. The second-order valence-corrected chi connectivity index (χ2v) is 4.72. The van der Waals surface area contributed by atoms with Gasteiger partial charge in [0.25, 0.3) is 0 Å². The zero-order valence-corrected chi connectivity index (χ0v) is 11.7. The Morgan fingerprint density at radius 3 is 2.50 bits per heavy atom. The van der Waals surface area contributed by atoms with Crippen LogP contribution >= 0.6 is 0 Å². The molecule has 0 aromatic heterocycles. The van der Waals surface area contributed by atoms with Crippen molar-refractivity contribution < 1.29 is 23.8 Å². The molecule has 5 nitrogen and oxygen atoms in total. The third kappa shape index (κ3) is 3.10. The molecule has 0 amide bonds. The molecule has 2 rings (SSSR count). The fraction of sp³-hybridized carbons (Fsp3) is 0.467. The van der Waals surface area contributed by atoms with Gasteiger partial charge in [0.1, 0.15) is 11.5 Å². The molecule has 1 aromatic carbocycles. The maximum Gasteiger partial charge on any atom is 0.309 e. The molecule has 20 heavy (non-hydrogen) atoms. The van der Waals surface area contributed by atoms with E-state index in [2.05, 4.69) is 0 Å². The molecule has 0 saturated heterocycles. The van der Waals surface area contributed by atoms with Gasteiger partial charge in [-0.3, -0.25) is 9.59 Å². The number of ketones is 1. The van der Waals surface area contributed by atoms with Gasteiger partial charge in [-0.1, -0.05) is 6.42 Å². The highest BCUT2D eigenvalue weighted by Gasteiger charge is 2.27. The zero-order chi connectivity index (χ0) is 14.5. The summed E-state index contributed by atoms with van der Waals surface area (Å²) in [6.45, 7) is -0.252. The fourth-order valence-electron chi connectivity index (χ4n) is 2.01. The van der Waals surface area contributed by atoms with E-state index >= 15 is 0 Å². The number of hydrogen-bond acceptors (Lipinski definition) is 5. The first-order chi connectivity index (χ1) is 9.65. The molecule has 0 bridgehead atoms. The number of carbonyl (C=O) groups excluding carboxylic acids is 2. The minimum Gasteiger partial charge on any atom is -0.497 e. The quantitative estimate of drug-likeness (QED) is 0.590. The van der Waals surface area contributed by atoms with Crippen LogP contribution in [0.3, 0.4) is 0 Å². The van der Waals surface area contributed by atoms with Gasteiger partial charge in [0.15, 0.2) is 6.61 Å². The molecule has 0 radical (unpaired) electrons. The Balaban J connectivity index is 1.99. The molecule has 5 heteroatoms. The summed E-state index contributed by atoms with van der Waals surface area (Å²) in [5, 5.41) is 0. The summed E-state index contributed by atoms with van der Waals surface area (Å²) in [7, 11) is 3.02. The average molecular weight is 278 g/mol. The van der Waals surface area contributed by atoms with Crippen LogP contribution in [-0.2, 0) is 9.53 Å². The summed E-state index contributed by atoms with van der Waals surface area (Å²) in [6, 6.07) is 4.90. The second kappa shape index (κ2) is 6.41. The van der Waals surface area contributed by atoms with Crippen LogP contribution in [0.4, 0.5) is 0 Å². The van der Waals surface area contributed by atoms with Crippen LogP contribution in [0.1, 0.15) is 29.6 Å². The van der Waals surface area contributed by atoms with E-state index in [1.54, 1.807) is 18.2 Å². The van der Waals surface area contributed by atoms with Gasteiger partial charge in [-0.2, -0.15) is 0 Å². The molecule has 0 spiro atoms. The summed E-state index contributed by atoms with van der Waals surface area (Å²) < 4.78 is 15.3. The average Bonchev–Trinajstić information content (AvgIpc) is 2.42. The van der Waals surface area contributed by atoms with E-state index in [-0.39, 0.29) is 24.3 Å². The zero-order valence-electron chi connectivity index (χ0n) is 11.7. The standard InChI is InChI=1S/C15H18O5/c1-18-11-6-7-12(14(8-11)19-2)13(16)9-20-15(17)10-4-3-5-10/h6-8,10H,3-5,9H2,1-2H3. The van der Waals surface area contributed by atoms with Gasteiger partial charge in [0.05, 0.1) is 25.7 Å². The van der Waals surface area contributed by atoms with Gasteiger partial charge < -0.3 is 14.2 Å². The first kappa shape index (κ1) is 14.4. The Morgan fingerprint density at radius 1 is 1.20 bits per heavy atom. The van der Waals surface area contributed by atoms with Crippen molar-refractivity contribution >= 4 is 11.8 Å². The summed E-state index contributed by atoms with van der Waals surface area (Å²) >= 11 is 0. The Bertz CT molecular complexity index is 505. The predicted molar refractivity (Wildman–Crippen MR) is 72.2 cm³/mol. The van der Waals surface area contributed by atoms with Crippen molar-refractivity contribution in [2.24, 2.45) is 5.92 Å². The van der Waals surface area contributed by atoms with Crippen molar-refractivity contribution in [3.8, 4) is 11.5 Å². The van der Waals surface area contributed by atoms with E-state index in [1.807, 2.05) is 0 Å². The van der Waals surface area contributed by atoms with Gasteiger partial charge in [0, 0.05) is 6.07 Å². The number of carbonyl (C=O) groups is 2. The molecule has 0 heterocycles. The lowest BCUT2D eigenvalue weighted by atomic mass is 9.86. The molecule has 0 unspecified atom stereocenters. The third-order valence-electron chi connectivity index (χ3n) is 3.49. The third-order valence-corrected chi connectivity index (χ3v) is 3.49. The molecular formula is C15H18O5. The smallest absolute Gasteiger partial charge is 0.309 e. The van der Waals surface area contributed by atoms with Gasteiger partial charge in [0.2, 0.25) is 5.78 Å². The van der Waals surface area contributed by atoms with E-state index in [1.165, 1.54) is 14.2 Å². The van der Waals surface area contributed by atoms with Crippen LogP contribution in [0.2, 0.25) is 0 Å². The maximum absolute atomic E-state index is 12.1. The Kier molecular flexibility index (Phi) is 4.61. The first-order valence-corrected chi connectivity index (χ1v) is 6.57. The van der Waals surface area contributed by atoms with Crippen molar-refractivity contribution in [1.29, 1.82) is 0 Å². The fourth-order valence-corrected chi connectivity index (χ4v) is 2.01. The van der Waals surface area contributed by atoms with Crippen molar-refractivity contribution in [2.75, 3.05) is 20.8 Å². The van der Waals surface area contributed by atoms with Crippen molar-refractivity contribution in [2.45, 2.75) is 19.3 Å². The van der Waals surface area contributed by atoms with Gasteiger partial charge in [-0.25, -0.2) is 0 Å². The predicted octanol–water partition coefficient (Wildman–Crippen LogP) is 2.23. The Hall–Kier alpha value is -2.04. The molecular weight excluding hydrogens is 260 g/mol. The summed E-state index contributed by atoms with van der Waals surface area (Å²) in [5.74, 6) is 0.425. The lowest BCUT2D eigenvalue weighted by molar-refractivity contribution is -0.150. The minimum atomic E-state index is -0.280. The molecule has 108 valence electrons. The largest absolute Gasteiger partial charge is 0.497 e. The SMILES string of the molecule is COc1ccc(C(=O)COC(=O)C2CCC2)c(OC)c1. The van der Waals surface area contributed by atoms with Crippen molar-refractivity contribution in [3.05, 3.63) is 23.8 Å². The van der Waals surface area contributed by atoms with Crippen LogP contribution < -0.4 is 9.47 Å². The van der Waals surface area contributed by atoms with E-state index in [9.17, 15) is 9.59 Å². The van der Waals surface area contributed by atoms with Gasteiger partial charge in [-0.15, -0.1) is 0 Å². The maximum atomic E-state index is 12.1. The van der Waals surface area contributed by atoms with E-state index in [0.717, 1.165) is 19.3 Å². The Morgan fingerprint density at radius 2 is 1.95 bits per heavy atom. The summed E-state index contributed by atoms with van der Waals surface area (Å²) in [4.78, 5) is 23.6. The van der Waals surface area contributed by atoms with Crippen molar-refractivity contribution in [3.63, 3.8) is 0 Å². The van der Waals surface area contributed by atoms with Crippen LogP contribution in [0.25, 0.3) is 0 Å². The summed E-state index contributed by atoms with van der Waals surface area (Å²) in [6.07, 6.45) is 2.78. The molecule has 1 aliphatic carbocycles. The number of Topliss-reactive ketones (excluding diaryl/α,β-unsaturated/α-hetero) is 1. The minimum absolute atomic E-state index is 0.0273.